The highest BCUT2D eigenvalue weighted by molar-refractivity contribution is 6.32. The van der Waals surface area contributed by atoms with Gasteiger partial charge in [0.15, 0.2) is 11.6 Å². The standard InChI is InChI=1S/C28H22N4O4/c1-17-23(27(35)31(29-17)21-12-5-3-6-13-21)25(33)19-10-9-11-20(16-19)26(34)24-18(2)30-32(28(24)36)22-14-7-4-8-15-22/h3-16,23-24H,1-2H3. The van der Waals surface area contributed by atoms with Crippen LogP contribution in [0.3, 0.4) is 0 Å². The Morgan fingerprint density at radius 3 is 1.39 bits per heavy atom. The fourth-order valence-electron chi connectivity index (χ4n) is 4.40. The summed E-state index contributed by atoms with van der Waals surface area (Å²) in [4.78, 5) is 52.9. The first-order valence-electron chi connectivity index (χ1n) is 11.4. The minimum absolute atomic E-state index is 0.198. The average molecular weight is 479 g/mol. The third kappa shape index (κ3) is 3.92. The van der Waals surface area contributed by atoms with Crippen LogP contribution in [0.15, 0.2) is 95.1 Å². The highest BCUT2D eigenvalue weighted by Gasteiger charge is 2.42. The van der Waals surface area contributed by atoms with E-state index >= 15 is 0 Å². The first-order chi connectivity index (χ1) is 17.4. The van der Waals surface area contributed by atoms with Crippen molar-refractivity contribution in [3.63, 3.8) is 0 Å². The molecule has 8 heteroatoms. The van der Waals surface area contributed by atoms with Crippen molar-refractivity contribution in [2.45, 2.75) is 13.8 Å². The van der Waals surface area contributed by atoms with Crippen LogP contribution in [0.4, 0.5) is 11.4 Å². The zero-order chi connectivity index (χ0) is 25.4. The predicted molar refractivity (Wildman–Crippen MR) is 136 cm³/mol. The molecule has 0 aliphatic carbocycles. The Labute approximate surface area is 207 Å². The summed E-state index contributed by atoms with van der Waals surface area (Å²) >= 11 is 0. The van der Waals surface area contributed by atoms with Gasteiger partial charge in [-0.15, -0.1) is 0 Å². The number of carbonyl (C=O) groups excluding carboxylic acids is 4. The Morgan fingerprint density at radius 1 is 0.611 bits per heavy atom. The van der Waals surface area contributed by atoms with Crippen molar-refractivity contribution < 1.29 is 19.2 Å². The van der Waals surface area contributed by atoms with Gasteiger partial charge in [-0.1, -0.05) is 54.6 Å². The molecule has 0 fully saturated rings. The van der Waals surface area contributed by atoms with Gasteiger partial charge in [0.25, 0.3) is 11.8 Å². The highest BCUT2D eigenvalue weighted by Crippen LogP contribution is 2.28. The van der Waals surface area contributed by atoms with E-state index in [0.717, 1.165) is 0 Å². The monoisotopic (exact) mass is 478 g/mol. The van der Waals surface area contributed by atoms with Crippen LogP contribution in [-0.4, -0.2) is 34.8 Å². The van der Waals surface area contributed by atoms with Crippen LogP contribution >= 0.6 is 0 Å². The molecule has 2 aliphatic rings. The minimum Gasteiger partial charge on any atom is -0.293 e. The molecule has 2 aliphatic heterocycles. The third-order valence-corrected chi connectivity index (χ3v) is 6.22. The van der Waals surface area contributed by atoms with Crippen LogP contribution in [0.2, 0.25) is 0 Å². The van der Waals surface area contributed by atoms with Gasteiger partial charge in [-0.3, -0.25) is 19.2 Å². The maximum Gasteiger partial charge on any atom is 0.264 e. The molecule has 3 aromatic carbocycles. The Morgan fingerprint density at radius 2 is 1.00 bits per heavy atom. The Kier molecular flexibility index (Phi) is 5.85. The van der Waals surface area contributed by atoms with Gasteiger partial charge in [0.2, 0.25) is 0 Å². The van der Waals surface area contributed by atoms with Crippen molar-refractivity contribution in [1.82, 2.24) is 0 Å². The molecule has 0 saturated carbocycles. The van der Waals surface area contributed by atoms with Crippen molar-refractivity contribution in [1.29, 1.82) is 0 Å². The second-order valence-corrected chi connectivity index (χ2v) is 8.63. The summed E-state index contributed by atoms with van der Waals surface area (Å²) in [5, 5.41) is 11.0. The van der Waals surface area contributed by atoms with E-state index in [1.165, 1.54) is 16.1 Å². The SMILES string of the molecule is CC1=NN(c2ccccc2)C(=O)C1C(=O)c1cccc(C(=O)C2C(=O)N(c3ccccc3)N=C2C)c1. The first-order valence-corrected chi connectivity index (χ1v) is 11.4. The number of anilines is 2. The maximum absolute atomic E-state index is 13.4. The van der Waals surface area contributed by atoms with Gasteiger partial charge < -0.3 is 0 Å². The van der Waals surface area contributed by atoms with E-state index < -0.39 is 35.2 Å². The summed E-state index contributed by atoms with van der Waals surface area (Å²) in [7, 11) is 0. The molecule has 2 heterocycles. The lowest BCUT2D eigenvalue weighted by Crippen LogP contribution is -2.34. The minimum atomic E-state index is -1.08. The summed E-state index contributed by atoms with van der Waals surface area (Å²) in [6, 6.07) is 23.9. The summed E-state index contributed by atoms with van der Waals surface area (Å²) in [6.45, 7) is 3.27. The lowest BCUT2D eigenvalue weighted by molar-refractivity contribution is -0.119. The normalized spacial score (nSPS) is 19.4. The molecule has 0 aromatic heterocycles. The lowest BCUT2D eigenvalue weighted by atomic mass is 9.89. The molecule has 178 valence electrons. The van der Waals surface area contributed by atoms with E-state index in [4.69, 9.17) is 0 Å². The topological polar surface area (TPSA) is 99.5 Å². The van der Waals surface area contributed by atoms with E-state index in [1.807, 2.05) is 12.1 Å². The van der Waals surface area contributed by atoms with Crippen molar-refractivity contribution >= 4 is 46.2 Å². The summed E-state index contributed by atoms with van der Waals surface area (Å²) in [5.74, 6) is -3.98. The Balaban J connectivity index is 1.38. The van der Waals surface area contributed by atoms with Crippen molar-refractivity contribution in [2.24, 2.45) is 22.0 Å². The average Bonchev–Trinajstić information content (AvgIpc) is 3.38. The first kappa shape index (κ1) is 23.0. The van der Waals surface area contributed by atoms with Gasteiger partial charge in [-0.2, -0.15) is 20.2 Å². The summed E-state index contributed by atoms with van der Waals surface area (Å²) < 4.78 is 0. The molecule has 0 bridgehead atoms. The van der Waals surface area contributed by atoms with E-state index in [1.54, 1.807) is 80.6 Å². The zero-order valence-corrected chi connectivity index (χ0v) is 19.7. The fraction of sp³-hybridized carbons (Fsp3) is 0.143. The molecule has 2 amide bonds. The molecule has 0 spiro atoms. The highest BCUT2D eigenvalue weighted by atomic mass is 16.2. The van der Waals surface area contributed by atoms with E-state index in [9.17, 15) is 19.2 Å². The van der Waals surface area contributed by atoms with Gasteiger partial charge in [0.1, 0.15) is 11.8 Å². The fourth-order valence-corrected chi connectivity index (χ4v) is 4.40. The molecule has 3 aromatic rings. The van der Waals surface area contributed by atoms with E-state index in [0.29, 0.717) is 22.8 Å². The molecule has 36 heavy (non-hydrogen) atoms. The van der Waals surface area contributed by atoms with E-state index in [2.05, 4.69) is 10.2 Å². The van der Waals surface area contributed by atoms with Crippen LogP contribution in [0.1, 0.15) is 34.6 Å². The molecule has 2 atom stereocenters. The lowest BCUT2D eigenvalue weighted by Gasteiger charge is -2.15. The number of benzene rings is 3. The number of hydrazone groups is 2. The van der Waals surface area contributed by atoms with E-state index in [-0.39, 0.29) is 11.1 Å². The van der Waals surface area contributed by atoms with Crippen molar-refractivity contribution in [3.05, 3.63) is 96.1 Å². The molecule has 5 rings (SSSR count). The number of nitrogens with zero attached hydrogens (tertiary/aromatic N) is 4. The number of Topliss-reactive ketones (excluding diaryl/α,β-unsaturated/α-hetero) is 2. The van der Waals surface area contributed by atoms with Crippen molar-refractivity contribution in [3.8, 4) is 0 Å². The number of amides is 2. The van der Waals surface area contributed by atoms with Crippen LogP contribution in [0, 0.1) is 11.8 Å². The number of para-hydroxylation sites is 2. The molecule has 8 nitrogen and oxygen atoms in total. The Bertz CT molecular complexity index is 1340. The summed E-state index contributed by atoms with van der Waals surface area (Å²) in [5.41, 5.74) is 2.28. The summed E-state index contributed by atoms with van der Waals surface area (Å²) in [6.07, 6.45) is 0. The van der Waals surface area contributed by atoms with Gasteiger partial charge >= 0.3 is 0 Å². The second kappa shape index (κ2) is 9.14. The molecular weight excluding hydrogens is 456 g/mol. The van der Waals surface area contributed by atoms with Gasteiger partial charge in [-0.25, -0.2) is 0 Å². The molecule has 0 N–H and O–H groups in total. The van der Waals surface area contributed by atoms with Crippen LogP contribution in [0.5, 0.6) is 0 Å². The van der Waals surface area contributed by atoms with Gasteiger partial charge in [-0.05, 0) is 44.2 Å². The second-order valence-electron chi connectivity index (χ2n) is 8.63. The number of carbonyl (C=O) groups is 4. The molecular formula is C28H22N4O4. The number of rotatable bonds is 6. The molecule has 0 saturated heterocycles. The number of hydrogen-bond acceptors (Lipinski definition) is 6. The molecule has 0 radical (unpaired) electrons. The van der Waals surface area contributed by atoms with Crippen molar-refractivity contribution in [2.75, 3.05) is 10.0 Å². The number of ketones is 2. The predicted octanol–water partition coefficient (Wildman–Crippen LogP) is 4.13. The number of hydrogen-bond donors (Lipinski definition) is 0. The van der Waals surface area contributed by atoms with Crippen LogP contribution < -0.4 is 10.0 Å². The Hall–Kier alpha value is -4.72. The van der Waals surface area contributed by atoms with Crippen LogP contribution in [0.25, 0.3) is 0 Å². The van der Waals surface area contributed by atoms with Crippen LogP contribution in [-0.2, 0) is 9.59 Å². The molecule has 2 unspecified atom stereocenters. The smallest absolute Gasteiger partial charge is 0.264 e. The third-order valence-electron chi connectivity index (χ3n) is 6.22. The largest absolute Gasteiger partial charge is 0.293 e. The quantitative estimate of drug-likeness (QED) is 0.393. The van der Waals surface area contributed by atoms with Gasteiger partial charge in [0.05, 0.1) is 22.8 Å². The van der Waals surface area contributed by atoms with Gasteiger partial charge in [0, 0.05) is 11.1 Å². The zero-order valence-electron chi connectivity index (χ0n) is 19.7. The maximum atomic E-state index is 13.4.